The third-order valence-electron chi connectivity index (χ3n) is 3.09. The molecule has 4 nitrogen and oxygen atoms in total. The summed E-state index contributed by atoms with van der Waals surface area (Å²) < 4.78 is 18.7. The molecule has 110 valence electrons. The first-order valence-corrected chi connectivity index (χ1v) is 6.80. The highest BCUT2D eigenvalue weighted by atomic mass is 19.1. The van der Waals surface area contributed by atoms with Gasteiger partial charge in [0.1, 0.15) is 11.4 Å². The van der Waals surface area contributed by atoms with Crippen LogP contribution in [-0.2, 0) is 17.8 Å². The fourth-order valence-electron chi connectivity index (χ4n) is 2.24. The molecule has 0 saturated carbocycles. The standard InChI is InChI=1S/C15H21FN2O2/c1-15(2,3)20-14(19)17-7-8-18-9-11-5-4-6-13(16)12(11)10-18/h4-6H,7-10H2,1-3H3,(H,17,19). The molecule has 1 N–H and O–H groups in total. The van der Waals surface area contributed by atoms with Gasteiger partial charge in [0.15, 0.2) is 0 Å². The van der Waals surface area contributed by atoms with E-state index in [-0.39, 0.29) is 5.82 Å². The molecule has 1 aromatic carbocycles. The number of halogens is 1. The van der Waals surface area contributed by atoms with E-state index in [1.54, 1.807) is 6.07 Å². The van der Waals surface area contributed by atoms with Gasteiger partial charge in [-0.15, -0.1) is 0 Å². The lowest BCUT2D eigenvalue weighted by atomic mass is 10.1. The van der Waals surface area contributed by atoms with Gasteiger partial charge in [-0.25, -0.2) is 9.18 Å². The second-order valence-electron chi connectivity index (χ2n) is 6.02. The van der Waals surface area contributed by atoms with E-state index in [4.69, 9.17) is 4.74 Å². The third-order valence-corrected chi connectivity index (χ3v) is 3.09. The van der Waals surface area contributed by atoms with Crippen molar-refractivity contribution in [2.24, 2.45) is 0 Å². The topological polar surface area (TPSA) is 41.6 Å². The number of benzene rings is 1. The first kappa shape index (κ1) is 14.8. The molecule has 0 spiro atoms. The number of ether oxygens (including phenoxy) is 1. The minimum absolute atomic E-state index is 0.148. The molecule has 1 heterocycles. The molecule has 20 heavy (non-hydrogen) atoms. The highest BCUT2D eigenvalue weighted by Gasteiger charge is 2.21. The number of nitrogens with one attached hydrogen (secondary N) is 1. The maximum absolute atomic E-state index is 13.6. The molecule has 0 unspecified atom stereocenters. The number of carbonyl (C=O) groups excluding carboxylic acids is 1. The largest absolute Gasteiger partial charge is 0.444 e. The Morgan fingerprint density at radius 1 is 1.40 bits per heavy atom. The summed E-state index contributed by atoms with van der Waals surface area (Å²) in [7, 11) is 0. The zero-order chi connectivity index (χ0) is 14.8. The van der Waals surface area contributed by atoms with Crippen molar-refractivity contribution in [2.75, 3.05) is 13.1 Å². The number of fused-ring (bicyclic) bond motifs is 1. The summed E-state index contributed by atoms with van der Waals surface area (Å²) in [5.41, 5.74) is 1.31. The van der Waals surface area contributed by atoms with E-state index in [2.05, 4.69) is 10.2 Å². The van der Waals surface area contributed by atoms with Crippen LogP contribution in [0.5, 0.6) is 0 Å². The zero-order valence-corrected chi connectivity index (χ0v) is 12.2. The Labute approximate surface area is 118 Å². The van der Waals surface area contributed by atoms with Crippen LogP contribution < -0.4 is 5.32 Å². The molecule has 1 aliphatic rings. The van der Waals surface area contributed by atoms with E-state index in [0.717, 1.165) is 17.7 Å². The smallest absolute Gasteiger partial charge is 0.407 e. The van der Waals surface area contributed by atoms with Gasteiger partial charge in [0.2, 0.25) is 0 Å². The molecule has 0 atom stereocenters. The molecule has 0 radical (unpaired) electrons. The van der Waals surface area contributed by atoms with Crippen LogP contribution in [0.4, 0.5) is 9.18 Å². The SMILES string of the molecule is CC(C)(C)OC(=O)NCCN1Cc2cccc(F)c2C1. The Kier molecular flexibility index (Phi) is 4.28. The van der Waals surface area contributed by atoms with Crippen molar-refractivity contribution < 1.29 is 13.9 Å². The Morgan fingerprint density at radius 3 is 2.80 bits per heavy atom. The lowest BCUT2D eigenvalue weighted by Crippen LogP contribution is -2.36. The highest BCUT2D eigenvalue weighted by Crippen LogP contribution is 2.24. The van der Waals surface area contributed by atoms with Crippen LogP contribution in [-0.4, -0.2) is 29.7 Å². The number of alkyl carbamates (subject to hydrolysis) is 1. The number of hydrogen-bond donors (Lipinski definition) is 1. The molecule has 0 aliphatic carbocycles. The molecule has 2 rings (SSSR count). The van der Waals surface area contributed by atoms with Gasteiger partial charge in [-0.3, -0.25) is 4.90 Å². The molecule has 0 fully saturated rings. The van der Waals surface area contributed by atoms with Crippen LogP contribution in [0.2, 0.25) is 0 Å². The van der Waals surface area contributed by atoms with E-state index in [1.807, 2.05) is 26.8 Å². The molecule has 1 aliphatic heterocycles. The first-order chi connectivity index (χ1) is 9.35. The first-order valence-electron chi connectivity index (χ1n) is 6.80. The Morgan fingerprint density at radius 2 is 2.15 bits per heavy atom. The number of carbonyl (C=O) groups is 1. The lowest BCUT2D eigenvalue weighted by molar-refractivity contribution is 0.0522. The van der Waals surface area contributed by atoms with Gasteiger partial charge in [-0.2, -0.15) is 0 Å². The van der Waals surface area contributed by atoms with E-state index in [9.17, 15) is 9.18 Å². The molecule has 0 aromatic heterocycles. The number of amides is 1. The summed E-state index contributed by atoms with van der Waals surface area (Å²) >= 11 is 0. The lowest BCUT2D eigenvalue weighted by Gasteiger charge is -2.20. The third kappa shape index (κ3) is 3.93. The minimum atomic E-state index is -0.489. The van der Waals surface area contributed by atoms with Crippen molar-refractivity contribution >= 4 is 6.09 Å². The summed E-state index contributed by atoms with van der Waals surface area (Å²) in [6.45, 7) is 7.96. The predicted molar refractivity (Wildman–Crippen MR) is 74.8 cm³/mol. The molecular formula is C15H21FN2O2. The van der Waals surface area contributed by atoms with E-state index < -0.39 is 11.7 Å². The van der Waals surface area contributed by atoms with Crippen molar-refractivity contribution in [2.45, 2.75) is 39.5 Å². The predicted octanol–water partition coefficient (Wildman–Crippen LogP) is 2.67. The van der Waals surface area contributed by atoms with Gasteiger partial charge < -0.3 is 10.1 Å². The Bertz CT molecular complexity index is 497. The second kappa shape index (κ2) is 5.79. The van der Waals surface area contributed by atoms with Crippen LogP contribution in [0, 0.1) is 5.82 Å². The monoisotopic (exact) mass is 280 g/mol. The second-order valence-corrected chi connectivity index (χ2v) is 6.02. The fourth-order valence-corrected chi connectivity index (χ4v) is 2.24. The average Bonchev–Trinajstić information content (AvgIpc) is 2.71. The summed E-state index contributed by atoms with van der Waals surface area (Å²) in [5, 5.41) is 2.71. The van der Waals surface area contributed by atoms with Crippen molar-refractivity contribution in [3.63, 3.8) is 0 Å². The molecule has 5 heteroatoms. The van der Waals surface area contributed by atoms with Gasteiger partial charge in [-0.1, -0.05) is 12.1 Å². The van der Waals surface area contributed by atoms with Crippen molar-refractivity contribution in [3.05, 3.63) is 35.1 Å². The maximum atomic E-state index is 13.6. The number of nitrogens with zero attached hydrogens (tertiary/aromatic N) is 1. The molecular weight excluding hydrogens is 259 g/mol. The van der Waals surface area contributed by atoms with Crippen molar-refractivity contribution in [1.82, 2.24) is 10.2 Å². The van der Waals surface area contributed by atoms with E-state index in [0.29, 0.717) is 19.6 Å². The Hall–Kier alpha value is -1.62. The van der Waals surface area contributed by atoms with Gasteiger partial charge in [-0.05, 0) is 32.4 Å². The average molecular weight is 280 g/mol. The van der Waals surface area contributed by atoms with Crippen molar-refractivity contribution in [3.8, 4) is 0 Å². The van der Waals surface area contributed by atoms with Crippen LogP contribution in [0.3, 0.4) is 0 Å². The normalized spacial score (nSPS) is 15.0. The van der Waals surface area contributed by atoms with Crippen LogP contribution >= 0.6 is 0 Å². The van der Waals surface area contributed by atoms with Gasteiger partial charge in [0, 0.05) is 31.7 Å². The van der Waals surface area contributed by atoms with Crippen LogP contribution in [0.15, 0.2) is 18.2 Å². The van der Waals surface area contributed by atoms with Gasteiger partial charge in [0.25, 0.3) is 0 Å². The number of hydrogen-bond acceptors (Lipinski definition) is 3. The molecule has 1 amide bonds. The van der Waals surface area contributed by atoms with Crippen LogP contribution in [0.1, 0.15) is 31.9 Å². The highest BCUT2D eigenvalue weighted by molar-refractivity contribution is 5.67. The molecule has 1 aromatic rings. The van der Waals surface area contributed by atoms with Crippen LogP contribution in [0.25, 0.3) is 0 Å². The van der Waals surface area contributed by atoms with E-state index >= 15 is 0 Å². The molecule has 0 bridgehead atoms. The summed E-state index contributed by atoms with van der Waals surface area (Å²) in [6.07, 6.45) is -0.416. The number of rotatable bonds is 3. The summed E-state index contributed by atoms with van der Waals surface area (Å²) in [6, 6.07) is 5.16. The summed E-state index contributed by atoms with van der Waals surface area (Å²) in [5.74, 6) is -0.148. The quantitative estimate of drug-likeness (QED) is 0.925. The summed E-state index contributed by atoms with van der Waals surface area (Å²) in [4.78, 5) is 13.6. The fraction of sp³-hybridized carbons (Fsp3) is 0.533. The minimum Gasteiger partial charge on any atom is -0.444 e. The van der Waals surface area contributed by atoms with Gasteiger partial charge in [0.05, 0.1) is 0 Å². The molecule has 0 saturated heterocycles. The van der Waals surface area contributed by atoms with E-state index in [1.165, 1.54) is 6.07 Å². The van der Waals surface area contributed by atoms with Gasteiger partial charge >= 0.3 is 6.09 Å². The van der Waals surface area contributed by atoms with Crippen molar-refractivity contribution in [1.29, 1.82) is 0 Å². The maximum Gasteiger partial charge on any atom is 0.407 e. The Balaban J connectivity index is 1.75. The zero-order valence-electron chi connectivity index (χ0n) is 12.2.